The van der Waals surface area contributed by atoms with Gasteiger partial charge in [0.2, 0.25) is 5.91 Å². The lowest BCUT2D eigenvalue weighted by molar-refractivity contribution is -0.130. The van der Waals surface area contributed by atoms with E-state index in [9.17, 15) is 9.59 Å². The molecule has 0 saturated carbocycles. The first kappa shape index (κ1) is 16.1. The third-order valence-corrected chi connectivity index (χ3v) is 4.08. The molecule has 0 aliphatic carbocycles. The number of nitrogens with one attached hydrogen (secondary N) is 1. The van der Waals surface area contributed by atoms with Crippen LogP contribution in [0.25, 0.3) is 5.69 Å². The number of hydrogen-bond donors (Lipinski definition) is 1. The van der Waals surface area contributed by atoms with Gasteiger partial charge in [-0.3, -0.25) is 9.59 Å². The number of amides is 2. The molecule has 0 unspecified atom stereocenters. The van der Waals surface area contributed by atoms with Crippen molar-refractivity contribution in [2.75, 3.05) is 19.6 Å². The molecule has 1 fully saturated rings. The van der Waals surface area contributed by atoms with E-state index in [0.29, 0.717) is 30.8 Å². The second-order valence-electron chi connectivity index (χ2n) is 5.72. The molecule has 1 aromatic carbocycles. The molecule has 126 valence electrons. The van der Waals surface area contributed by atoms with Crippen molar-refractivity contribution in [2.24, 2.45) is 0 Å². The number of rotatable bonds is 5. The number of hydrogen-bond acceptors (Lipinski definition) is 5. The average Bonchev–Trinajstić information content (AvgIpc) is 3.06. The Morgan fingerprint density at radius 1 is 1.21 bits per heavy atom. The van der Waals surface area contributed by atoms with Crippen molar-refractivity contribution in [3.8, 4) is 5.69 Å². The predicted molar refractivity (Wildman–Crippen MR) is 86.5 cm³/mol. The average molecular weight is 328 g/mol. The van der Waals surface area contributed by atoms with Crippen LogP contribution in [0.4, 0.5) is 0 Å². The first-order valence-corrected chi connectivity index (χ1v) is 8.14. The third-order valence-electron chi connectivity index (χ3n) is 4.08. The quantitative estimate of drug-likeness (QED) is 0.876. The predicted octanol–water partition coefficient (Wildman–Crippen LogP) is 0.795. The number of para-hydroxylation sites is 1. The standard InChI is InChI=1S/C16H20N6O2/c23-15-8-2-1-5-10-21(15)11-9-17-16(24)13-6-3-4-7-14(13)22-12-18-19-20-22/h3-4,6-7,12H,1-2,5,8-11H2,(H,17,24). The molecule has 8 nitrogen and oxygen atoms in total. The van der Waals surface area contributed by atoms with E-state index < -0.39 is 0 Å². The minimum Gasteiger partial charge on any atom is -0.350 e. The Morgan fingerprint density at radius 2 is 2.08 bits per heavy atom. The fourth-order valence-corrected chi connectivity index (χ4v) is 2.81. The molecule has 2 heterocycles. The van der Waals surface area contributed by atoms with Gasteiger partial charge in [0, 0.05) is 26.1 Å². The highest BCUT2D eigenvalue weighted by Crippen LogP contribution is 2.13. The zero-order valence-electron chi connectivity index (χ0n) is 13.4. The summed E-state index contributed by atoms with van der Waals surface area (Å²) in [4.78, 5) is 26.2. The van der Waals surface area contributed by atoms with Crippen molar-refractivity contribution in [3.05, 3.63) is 36.2 Å². The van der Waals surface area contributed by atoms with Crippen LogP contribution in [0.2, 0.25) is 0 Å². The van der Waals surface area contributed by atoms with Gasteiger partial charge >= 0.3 is 0 Å². The monoisotopic (exact) mass is 328 g/mol. The maximum atomic E-state index is 12.5. The second kappa shape index (κ2) is 7.67. The van der Waals surface area contributed by atoms with Crippen LogP contribution in [0.5, 0.6) is 0 Å². The van der Waals surface area contributed by atoms with Crippen LogP contribution in [0.3, 0.4) is 0 Å². The Kier molecular flexibility index (Phi) is 5.15. The molecule has 3 rings (SSSR count). The molecule has 2 aromatic rings. The Hall–Kier alpha value is -2.77. The molecule has 1 aromatic heterocycles. The zero-order chi connectivity index (χ0) is 16.8. The second-order valence-corrected chi connectivity index (χ2v) is 5.72. The Labute approximate surface area is 139 Å². The SMILES string of the molecule is O=C(NCCN1CCCCCC1=O)c1ccccc1-n1cnnn1. The van der Waals surface area contributed by atoms with Crippen LogP contribution >= 0.6 is 0 Å². The number of aromatic nitrogens is 4. The van der Waals surface area contributed by atoms with Crippen molar-refractivity contribution >= 4 is 11.8 Å². The van der Waals surface area contributed by atoms with Gasteiger partial charge in [-0.2, -0.15) is 4.68 Å². The minimum atomic E-state index is -0.205. The molecule has 2 amide bonds. The lowest BCUT2D eigenvalue weighted by atomic mass is 10.1. The van der Waals surface area contributed by atoms with E-state index in [1.807, 2.05) is 11.0 Å². The van der Waals surface area contributed by atoms with Crippen molar-refractivity contribution in [1.82, 2.24) is 30.4 Å². The van der Waals surface area contributed by atoms with Gasteiger partial charge in [-0.1, -0.05) is 18.6 Å². The number of likely N-dealkylation sites (tertiary alicyclic amines) is 1. The van der Waals surface area contributed by atoms with Crippen LogP contribution in [0, 0.1) is 0 Å². The van der Waals surface area contributed by atoms with Crippen molar-refractivity contribution in [2.45, 2.75) is 25.7 Å². The number of tetrazole rings is 1. The summed E-state index contributed by atoms with van der Waals surface area (Å²) in [5, 5.41) is 13.9. The Balaban J connectivity index is 1.61. The van der Waals surface area contributed by atoms with E-state index in [1.54, 1.807) is 18.2 Å². The highest BCUT2D eigenvalue weighted by Gasteiger charge is 2.17. The van der Waals surface area contributed by atoms with Crippen LogP contribution in [0.1, 0.15) is 36.0 Å². The summed E-state index contributed by atoms with van der Waals surface area (Å²) >= 11 is 0. The summed E-state index contributed by atoms with van der Waals surface area (Å²) in [6.07, 6.45) is 5.13. The lowest BCUT2D eigenvalue weighted by Gasteiger charge is -2.20. The fraction of sp³-hybridized carbons (Fsp3) is 0.438. The van der Waals surface area contributed by atoms with Gasteiger partial charge in [0.15, 0.2) is 0 Å². The highest BCUT2D eigenvalue weighted by molar-refractivity contribution is 5.97. The number of nitrogens with zero attached hydrogens (tertiary/aromatic N) is 5. The summed E-state index contributed by atoms with van der Waals surface area (Å²) in [6.45, 7) is 1.74. The number of benzene rings is 1. The van der Waals surface area contributed by atoms with Gasteiger partial charge in [0.05, 0.1) is 11.3 Å². The first-order valence-electron chi connectivity index (χ1n) is 8.14. The zero-order valence-corrected chi connectivity index (χ0v) is 13.4. The van der Waals surface area contributed by atoms with E-state index in [0.717, 1.165) is 25.8 Å². The molecule has 0 radical (unpaired) electrons. The summed E-state index contributed by atoms with van der Waals surface area (Å²) in [7, 11) is 0. The van der Waals surface area contributed by atoms with Crippen molar-refractivity contribution in [1.29, 1.82) is 0 Å². The van der Waals surface area contributed by atoms with Gasteiger partial charge in [-0.25, -0.2) is 0 Å². The van der Waals surface area contributed by atoms with Crippen LogP contribution in [-0.2, 0) is 4.79 Å². The number of carbonyl (C=O) groups is 2. The molecule has 1 aliphatic rings. The van der Waals surface area contributed by atoms with Crippen LogP contribution in [0.15, 0.2) is 30.6 Å². The van der Waals surface area contributed by atoms with Crippen LogP contribution < -0.4 is 5.32 Å². The largest absolute Gasteiger partial charge is 0.350 e. The molecule has 1 aliphatic heterocycles. The molecule has 8 heteroatoms. The first-order chi connectivity index (χ1) is 11.8. The van der Waals surface area contributed by atoms with Crippen LogP contribution in [-0.4, -0.2) is 56.6 Å². The highest BCUT2D eigenvalue weighted by atomic mass is 16.2. The Bertz CT molecular complexity index is 700. The van der Waals surface area contributed by atoms with Gasteiger partial charge < -0.3 is 10.2 Å². The minimum absolute atomic E-state index is 0.177. The van der Waals surface area contributed by atoms with E-state index in [4.69, 9.17) is 0 Å². The molecular weight excluding hydrogens is 308 g/mol. The van der Waals surface area contributed by atoms with E-state index in [2.05, 4.69) is 20.8 Å². The molecule has 1 saturated heterocycles. The molecule has 0 spiro atoms. The third kappa shape index (κ3) is 3.76. The smallest absolute Gasteiger partial charge is 0.253 e. The van der Waals surface area contributed by atoms with Crippen molar-refractivity contribution in [3.63, 3.8) is 0 Å². The van der Waals surface area contributed by atoms with Gasteiger partial charge in [-0.05, 0) is 35.4 Å². The summed E-state index contributed by atoms with van der Waals surface area (Å²) in [6, 6.07) is 7.12. The van der Waals surface area contributed by atoms with E-state index in [1.165, 1.54) is 11.0 Å². The van der Waals surface area contributed by atoms with Gasteiger partial charge in [0.1, 0.15) is 6.33 Å². The van der Waals surface area contributed by atoms with Gasteiger partial charge in [0.25, 0.3) is 5.91 Å². The summed E-state index contributed by atoms with van der Waals surface area (Å²) < 4.78 is 1.45. The molecule has 0 bridgehead atoms. The molecule has 24 heavy (non-hydrogen) atoms. The Morgan fingerprint density at radius 3 is 2.92 bits per heavy atom. The maximum absolute atomic E-state index is 12.5. The maximum Gasteiger partial charge on any atom is 0.253 e. The van der Waals surface area contributed by atoms with Crippen molar-refractivity contribution < 1.29 is 9.59 Å². The normalized spacial score (nSPS) is 15.2. The topological polar surface area (TPSA) is 93.0 Å². The molecule has 1 N–H and O–H groups in total. The molecule has 0 atom stereocenters. The summed E-state index contributed by atoms with van der Waals surface area (Å²) in [5.74, 6) is -0.0285. The van der Waals surface area contributed by atoms with E-state index in [-0.39, 0.29) is 11.8 Å². The van der Waals surface area contributed by atoms with E-state index >= 15 is 0 Å². The van der Waals surface area contributed by atoms with Gasteiger partial charge in [-0.15, -0.1) is 5.10 Å². The lowest BCUT2D eigenvalue weighted by Crippen LogP contribution is -2.38. The molecular formula is C16H20N6O2. The summed E-state index contributed by atoms with van der Waals surface area (Å²) in [5.41, 5.74) is 1.11. The number of carbonyl (C=O) groups excluding carboxylic acids is 2. The fourth-order valence-electron chi connectivity index (χ4n) is 2.81.